The topological polar surface area (TPSA) is 49.3 Å². The summed E-state index contributed by atoms with van der Waals surface area (Å²) < 4.78 is 13.1. The third-order valence-corrected chi connectivity index (χ3v) is 4.84. The Kier molecular flexibility index (Phi) is 6.73. The lowest BCUT2D eigenvalue weighted by Gasteiger charge is -2.12. The van der Waals surface area contributed by atoms with Gasteiger partial charge in [-0.25, -0.2) is 14.4 Å². The van der Waals surface area contributed by atoms with Crippen molar-refractivity contribution in [2.24, 2.45) is 4.99 Å². The average molecular weight is 348 g/mol. The Bertz CT molecular complexity index is 690. The predicted molar refractivity (Wildman–Crippen MR) is 99.2 cm³/mol. The normalized spacial score (nSPS) is 11.6. The fourth-order valence-electron chi connectivity index (χ4n) is 2.35. The standard InChI is InChI=1S/C18H25FN4S/c1-5-20-18(22-11-17-23-13(3)14(4)24-17)21-9-8-15-6-7-16(19)10-12(15)2/h6-7,10H,5,8-9,11H2,1-4H3,(H2,20,21,22). The molecule has 130 valence electrons. The Labute approximate surface area is 147 Å². The minimum absolute atomic E-state index is 0.187. The van der Waals surface area contributed by atoms with E-state index >= 15 is 0 Å². The van der Waals surface area contributed by atoms with Crippen molar-refractivity contribution < 1.29 is 4.39 Å². The molecule has 0 spiro atoms. The number of halogens is 1. The Morgan fingerprint density at radius 2 is 2.04 bits per heavy atom. The first-order valence-corrected chi connectivity index (χ1v) is 9.01. The van der Waals surface area contributed by atoms with Gasteiger partial charge in [0.1, 0.15) is 10.8 Å². The zero-order chi connectivity index (χ0) is 17.5. The number of hydrogen-bond acceptors (Lipinski definition) is 3. The third-order valence-electron chi connectivity index (χ3n) is 3.78. The molecule has 1 heterocycles. The number of aryl methyl sites for hydroxylation is 3. The van der Waals surface area contributed by atoms with Crippen molar-refractivity contribution >= 4 is 17.3 Å². The van der Waals surface area contributed by atoms with Crippen LogP contribution in [0.25, 0.3) is 0 Å². The quantitative estimate of drug-likeness (QED) is 0.620. The number of benzene rings is 1. The van der Waals surface area contributed by atoms with E-state index in [-0.39, 0.29) is 5.82 Å². The zero-order valence-electron chi connectivity index (χ0n) is 14.7. The smallest absolute Gasteiger partial charge is 0.191 e. The number of nitrogens with zero attached hydrogens (tertiary/aromatic N) is 2. The molecule has 0 unspecified atom stereocenters. The summed E-state index contributed by atoms with van der Waals surface area (Å²) in [4.78, 5) is 10.3. The maximum Gasteiger partial charge on any atom is 0.191 e. The van der Waals surface area contributed by atoms with Crippen LogP contribution in [0.5, 0.6) is 0 Å². The van der Waals surface area contributed by atoms with Crippen molar-refractivity contribution in [3.63, 3.8) is 0 Å². The molecule has 2 aromatic rings. The molecule has 0 saturated heterocycles. The molecular weight excluding hydrogens is 323 g/mol. The van der Waals surface area contributed by atoms with Gasteiger partial charge in [-0.05, 0) is 57.4 Å². The van der Waals surface area contributed by atoms with Gasteiger partial charge in [0.15, 0.2) is 5.96 Å². The second-order valence-electron chi connectivity index (χ2n) is 5.69. The molecule has 0 aliphatic heterocycles. The fourth-order valence-corrected chi connectivity index (χ4v) is 3.21. The molecule has 4 nitrogen and oxygen atoms in total. The number of aliphatic imine (C=N–C) groups is 1. The Hall–Kier alpha value is -1.95. The van der Waals surface area contributed by atoms with Gasteiger partial charge in [0.05, 0.1) is 12.2 Å². The number of guanidine groups is 1. The molecule has 0 radical (unpaired) electrons. The van der Waals surface area contributed by atoms with Crippen LogP contribution in [0.1, 0.15) is 33.6 Å². The summed E-state index contributed by atoms with van der Waals surface area (Å²) in [5, 5.41) is 7.59. The highest BCUT2D eigenvalue weighted by molar-refractivity contribution is 7.11. The van der Waals surface area contributed by atoms with E-state index in [0.717, 1.165) is 47.3 Å². The average Bonchev–Trinajstić information content (AvgIpc) is 2.85. The maximum absolute atomic E-state index is 13.1. The number of rotatable bonds is 6. The van der Waals surface area contributed by atoms with Gasteiger partial charge in [0, 0.05) is 18.0 Å². The van der Waals surface area contributed by atoms with Gasteiger partial charge in [-0.2, -0.15) is 0 Å². The van der Waals surface area contributed by atoms with Crippen molar-refractivity contribution in [2.45, 2.75) is 40.7 Å². The predicted octanol–water partition coefficient (Wildman–Crippen LogP) is 3.51. The first-order valence-electron chi connectivity index (χ1n) is 8.19. The SMILES string of the molecule is CCNC(=NCc1nc(C)c(C)s1)NCCc1ccc(F)cc1C. The lowest BCUT2D eigenvalue weighted by atomic mass is 10.1. The number of aromatic nitrogens is 1. The van der Waals surface area contributed by atoms with E-state index in [9.17, 15) is 4.39 Å². The van der Waals surface area contributed by atoms with Crippen LogP contribution in [0.2, 0.25) is 0 Å². The van der Waals surface area contributed by atoms with E-state index in [4.69, 9.17) is 0 Å². The van der Waals surface area contributed by atoms with Gasteiger partial charge in [0.25, 0.3) is 0 Å². The van der Waals surface area contributed by atoms with E-state index in [1.165, 1.54) is 10.9 Å². The molecular formula is C18H25FN4S. The highest BCUT2D eigenvalue weighted by atomic mass is 32.1. The molecule has 0 fully saturated rings. The molecule has 1 aromatic carbocycles. The van der Waals surface area contributed by atoms with E-state index in [1.807, 2.05) is 26.8 Å². The van der Waals surface area contributed by atoms with Gasteiger partial charge in [0.2, 0.25) is 0 Å². The van der Waals surface area contributed by atoms with Gasteiger partial charge < -0.3 is 10.6 Å². The Morgan fingerprint density at radius 3 is 2.67 bits per heavy atom. The molecule has 0 saturated carbocycles. The molecule has 0 aliphatic rings. The Balaban J connectivity index is 1.91. The van der Waals surface area contributed by atoms with E-state index in [1.54, 1.807) is 17.4 Å². The molecule has 0 atom stereocenters. The molecule has 0 aliphatic carbocycles. The minimum Gasteiger partial charge on any atom is -0.357 e. The van der Waals surface area contributed by atoms with Crippen LogP contribution in [0.4, 0.5) is 4.39 Å². The van der Waals surface area contributed by atoms with Crippen LogP contribution in [-0.4, -0.2) is 24.0 Å². The monoisotopic (exact) mass is 348 g/mol. The highest BCUT2D eigenvalue weighted by Crippen LogP contribution is 2.17. The van der Waals surface area contributed by atoms with Crippen molar-refractivity contribution in [3.8, 4) is 0 Å². The second kappa shape index (κ2) is 8.78. The second-order valence-corrected chi connectivity index (χ2v) is 6.98. The van der Waals surface area contributed by atoms with Crippen LogP contribution in [0, 0.1) is 26.6 Å². The van der Waals surface area contributed by atoms with Crippen LogP contribution >= 0.6 is 11.3 Å². The highest BCUT2D eigenvalue weighted by Gasteiger charge is 2.05. The van der Waals surface area contributed by atoms with Gasteiger partial charge in [-0.15, -0.1) is 11.3 Å². The zero-order valence-corrected chi connectivity index (χ0v) is 15.6. The lowest BCUT2D eigenvalue weighted by Crippen LogP contribution is -2.38. The summed E-state index contributed by atoms with van der Waals surface area (Å²) in [5.41, 5.74) is 3.20. The largest absolute Gasteiger partial charge is 0.357 e. The summed E-state index contributed by atoms with van der Waals surface area (Å²) in [6.45, 7) is 10.2. The van der Waals surface area contributed by atoms with E-state index in [2.05, 4.69) is 27.5 Å². The molecule has 6 heteroatoms. The van der Waals surface area contributed by atoms with E-state index in [0.29, 0.717) is 6.54 Å². The molecule has 2 N–H and O–H groups in total. The van der Waals surface area contributed by atoms with Gasteiger partial charge in [-0.1, -0.05) is 6.07 Å². The molecule has 1 aromatic heterocycles. The van der Waals surface area contributed by atoms with Crippen molar-refractivity contribution in [1.82, 2.24) is 15.6 Å². The number of nitrogens with one attached hydrogen (secondary N) is 2. The third kappa shape index (κ3) is 5.30. The molecule has 0 bridgehead atoms. The van der Waals surface area contributed by atoms with Crippen molar-refractivity contribution in [3.05, 3.63) is 50.7 Å². The van der Waals surface area contributed by atoms with E-state index < -0.39 is 0 Å². The van der Waals surface area contributed by atoms with Crippen LogP contribution in [0.3, 0.4) is 0 Å². The lowest BCUT2D eigenvalue weighted by molar-refractivity contribution is 0.625. The summed E-state index contributed by atoms with van der Waals surface area (Å²) in [5.74, 6) is 0.593. The number of hydrogen-bond donors (Lipinski definition) is 2. The first-order chi connectivity index (χ1) is 11.5. The summed E-state index contributed by atoms with van der Waals surface area (Å²) in [6, 6.07) is 4.92. The summed E-state index contributed by atoms with van der Waals surface area (Å²) in [6.07, 6.45) is 0.825. The van der Waals surface area contributed by atoms with Gasteiger partial charge in [-0.3, -0.25) is 0 Å². The number of thiazole rings is 1. The van der Waals surface area contributed by atoms with Crippen molar-refractivity contribution in [1.29, 1.82) is 0 Å². The van der Waals surface area contributed by atoms with Crippen LogP contribution in [0.15, 0.2) is 23.2 Å². The minimum atomic E-state index is -0.187. The van der Waals surface area contributed by atoms with Crippen LogP contribution in [-0.2, 0) is 13.0 Å². The van der Waals surface area contributed by atoms with Crippen LogP contribution < -0.4 is 10.6 Å². The molecule has 24 heavy (non-hydrogen) atoms. The Morgan fingerprint density at radius 1 is 1.25 bits per heavy atom. The molecule has 2 rings (SSSR count). The van der Waals surface area contributed by atoms with Gasteiger partial charge >= 0.3 is 0 Å². The summed E-state index contributed by atoms with van der Waals surface area (Å²) >= 11 is 1.69. The molecule has 0 amide bonds. The van der Waals surface area contributed by atoms with Crippen molar-refractivity contribution in [2.75, 3.05) is 13.1 Å². The first kappa shape index (κ1) is 18.4. The summed E-state index contributed by atoms with van der Waals surface area (Å²) in [7, 11) is 0. The maximum atomic E-state index is 13.1. The fraction of sp³-hybridized carbons (Fsp3) is 0.444.